The number of rotatable bonds is 4. The van der Waals surface area contributed by atoms with Crippen LogP contribution in [-0.4, -0.2) is 21.2 Å². The van der Waals surface area contributed by atoms with E-state index in [0.717, 1.165) is 12.6 Å². The summed E-state index contributed by atoms with van der Waals surface area (Å²) in [5, 5.41) is 3.77. The Kier molecular flexibility index (Phi) is 3.43. The summed E-state index contributed by atoms with van der Waals surface area (Å²) in [5.74, 6) is 0.163. The molecule has 0 aliphatic carbocycles. The van der Waals surface area contributed by atoms with Crippen LogP contribution in [0.4, 0.5) is 4.39 Å². The van der Waals surface area contributed by atoms with Gasteiger partial charge in [0.25, 0.3) is 5.89 Å². The molecule has 2 aromatic heterocycles. The summed E-state index contributed by atoms with van der Waals surface area (Å²) in [6.07, 6.45) is 3.93. The SMILES string of the molecule is CCC(N)Cc1noc(-c2ccncc2F)n1. The Morgan fingerprint density at radius 3 is 3.06 bits per heavy atom. The van der Waals surface area contributed by atoms with Crippen molar-refractivity contribution in [2.45, 2.75) is 25.8 Å². The molecule has 1 atom stereocenters. The number of halogens is 1. The van der Waals surface area contributed by atoms with Crippen LogP contribution in [0, 0.1) is 5.82 Å². The highest BCUT2D eigenvalue weighted by atomic mass is 19.1. The zero-order valence-electron chi connectivity index (χ0n) is 9.43. The summed E-state index contributed by atoms with van der Waals surface area (Å²) < 4.78 is 18.4. The molecule has 5 nitrogen and oxygen atoms in total. The van der Waals surface area contributed by atoms with Gasteiger partial charge in [0, 0.05) is 18.7 Å². The normalized spacial score (nSPS) is 12.6. The molecular weight excluding hydrogens is 223 g/mol. The van der Waals surface area contributed by atoms with Gasteiger partial charge in [-0.2, -0.15) is 4.98 Å². The Morgan fingerprint density at radius 1 is 1.53 bits per heavy atom. The highest BCUT2D eigenvalue weighted by Crippen LogP contribution is 2.19. The van der Waals surface area contributed by atoms with Crippen molar-refractivity contribution in [1.29, 1.82) is 0 Å². The molecule has 2 aromatic rings. The zero-order chi connectivity index (χ0) is 12.3. The van der Waals surface area contributed by atoms with Gasteiger partial charge in [0.05, 0.1) is 11.8 Å². The Labute approximate surface area is 97.9 Å². The summed E-state index contributed by atoms with van der Waals surface area (Å²) in [7, 11) is 0. The number of hydrogen-bond donors (Lipinski definition) is 1. The van der Waals surface area contributed by atoms with E-state index in [1.807, 2.05) is 6.92 Å². The van der Waals surface area contributed by atoms with Gasteiger partial charge in [-0.3, -0.25) is 4.98 Å². The van der Waals surface area contributed by atoms with Gasteiger partial charge < -0.3 is 10.3 Å². The molecule has 6 heteroatoms. The summed E-state index contributed by atoms with van der Waals surface area (Å²) in [5.41, 5.74) is 6.03. The van der Waals surface area contributed by atoms with Crippen LogP contribution in [0.3, 0.4) is 0 Å². The molecule has 0 aliphatic heterocycles. The minimum Gasteiger partial charge on any atom is -0.334 e. The van der Waals surface area contributed by atoms with Gasteiger partial charge in [0.1, 0.15) is 0 Å². The second kappa shape index (κ2) is 5.01. The van der Waals surface area contributed by atoms with E-state index in [1.165, 1.54) is 12.3 Å². The molecule has 2 rings (SSSR count). The average molecular weight is 236 g/mol. The smallest absolute Gasteiger partial charge is 0.261 e. The van der Waals surface area contributed by atoms with Crippen LogP contribution in [0.1, 0.15) is 19.2 Å². The van der Waals surface area contributed by atoms with Crippen molar-refractivity contribution in [1.82, 2.24) is 15.1 Å². The van der Waals surface area contributed by atoms with Crippen LogP contribution >= 0.6 is 0 Å². The molecule has 90 valence electrons. The van der Waals surface area contributed by atoms with Crippen LogP contribution in [-0.2, 0) is 6.42 Å². The Morgan fingerprint density at radius 2 is 2.35 bits per heavy atom. The van der Waals surface area contributed by atoms with E-state index in [-0.39, 0.29) is 17.5 Å². The lowest BCUT2D eigenvalue weighted by Crippen LogP contribution is -2.21. The molecule has 17 heavy (non-hydrogen) atoms. The van der Waals surface area contributed by atoms with E-state index in [4.69, 9.17) is 10.3 Å². The van der Waals surface area contributed by atoms with Crippen molar-refractivity contribution < 1.29 is 8.91 Å². The van der Waals surface area contributed by atoms with Crippen molar-refractivity contribution in [2.24, 2.45) is 5.73 Å². The van der Waals surface area contributed by atoms with Gasteiger partial charge in [0.2, 0.25) is 0 Å². The number of nitrogens with two attached hydrogens (primary N) is 1. The number of hydrogen-bond acceptors (Lipinski definition) is 5. The molecule has 0 aromatic carbocycles. The predicted octanol–water partition coefficient (Wildman–Crippen LogP) is 1.55. The first-order chi connectivity index (χ1) is 8.20. The van der Waals surface area contributed by atoms with E-state index < -0.39 is 5.82 Å². The topological polar surface area (TPSA) is 77.8 Å². The van der Waals surface area contributed by atoms with E-state index >= 15 is 0 Å². The number of nitrogens with zero attached hydrogens (tertiary/aromatic N) is 3. The summed E-state index contributed by atoms with van der Waals surface area (Å²) >= 11 is 0. The monoisotopic (exact) mass is 236 g/mol. The van der Waals surface area contributed by atoms with Gasteiger partial charge in [-0.1, -0.05) is 12.1 Å². The highest BCUT2D eigenvalue weighted by Gasteiger charge is 2.14. The van der Waals surface area contributed by atoms with E-state index in [9.17, 15) is 4.39 Å². The predicted molar refractivity (Wildman–Crippen MR) is 59.5 cm³/mol. The summed E-state index contributed by atoms with van der Waals surface area (Å²) in [6.45, 7) is 1.98. The number of aromatic nitrogens is 3. The lowest BCUT2D eigenvalue weighted by Gasteiger charge is -2.02. The molecule has 0 fully saturated rings. The first-order valence-corrected chi connectivity index (χ1v) is 5.38. The molecule has 0 amide bonds. The molecule has 0 bridgehead atoms. The van der Waals surface area contributed by atoms with Crippen molar-refractivity contribution in [3.8, 4) is 11.5 Å². The molecule has 0 aliphatic rings. The van der Waals surface area contributed by atoms with Crippen LogP contribution < -0.4 is 5.73 Å². The Bertz CT molecular complexity index is 500. The minimum atomic E-state index is -0.484. The average Bonchev–Trinajstić information content (AvgIpc) is 2.78. The first kappa shape index (κ1) is 11.7. The van der Waals surface area contributed by atoms with Gasteiger partial charge in [-0.25, -0.2) is 4.39 Å². The fourth-order valence-electron chi connectivity index (χ4n) is 1.37. The molecule has 0 spiro atoms. The van der Waals surface area contributed by atoms with Crippen LogP contribution in [0.15, 0.2) is 23.0 Å². The standard InChI is InChI=1S/C11H13FN4O/c1-2-7(13)5-10-15-11(17-16-10)8-3-4-14-6-9(8)12/h3-4,6-7H,2,5,13H2,1H3. The van der Waals surface area contributed by atoms with Crippen LogP contribution in [0.25, 0.3) is 11.5 Å². The molecule has 0 saturated heterocycles. The second-order valence-corrected chi connectivity index (χ2v) is 3.74. The minimum absolute atomic E-state index is 0.0114. The van der Waals surface area contributed by atoms with Crippen molar-refractivity contribution >= 4 is 0 Å². The summed E-state index contributed by atoms with van der Waals surface area (Å²) in [4.78, 5) is 7.76. The third kappa shape index (κ3) is 2.65. The maximum Gasteiger partial charge on any atom is 0.261 e. The number of pyridine rings is 1. The Hall–Kier alpha value is -1.82. The van der Waals surface area contributed by atoms with Gasteiger partial charge in [-0.15, -0.1) is 0 Å². The fourth-order valence-corrected chi connectivity index (χ4v) is 1.37. The van der Waals surface area contributed by atoms with Gasteiger partial charge in [0.15, 0.2) is 11.6 Å². The summed E-state index contributed by atoms with van der Waals surface area (Å²) in [6, 6.07) is 1.48. The molecule has 1 unspecified atom stereocenters. The first-order valence-electron chi connectivity index (χ1n) is 5.38. The zero-order valence-corrected chi connectivity index (χ0v) is 9.43. The van der Waals surface area contributed by atoms with Crippen molar-refractivity contribution in [2.75, 3.05) is 0 Å². The second-order valence-electron chi connectivity index (χ2n) is 3.74. The van der Waals surface area contributed by atoms with E-state index in [0.29, 0.717) is 12.2 Å². The van der Waals surface area contributed by atoms with Crippen molar-refractivity contribution in [3.05, 3.63) is 30.1 Å². The maximum atomic E-state index is 13.4. The van der Waals surface area contributed by atoms with Crippen LogP contribution in [0.5, 0.6) is 0 Å². The third-order valence-electron chi connectivity index (χ3n) is 2.44. The molecular formula is C11H13FN4O. The molecule has 2 heterocycles. The lowest BCUT2D eigenvalue weighted by atomic mass is 10.1. The van der Waals surface area contributed by atoms with Crippen LogP contribution in [0.2, 0.25) is 0 Å². The molecule has 0 saturated carbocycles. The van der Waals surface area contributed by atoms with E-state index in [1.54, 1.807) is 0 Å². The third-order valence-corrected chi connectivity index (χ3v) is 2.44. The van der Waals surface area contributed by atoms with Gasteiger partial charge >= 0.3 is 0 Å². The fraction of sp³-hybridized carbons (Fsp3) is 0.364. The molecule has 2 N–H and O–H groups in total. The Balaban J connectivity index is 2.21. The highest BCUT2D eigenvalue weighted by molar-refractivity contribution is 5.52. The van der Waals surface area contributed by atoms with Crippen molar-refractivity contribution in [3.63, 3.8) is 0 Å². The quantitative estimate of drug-likeness (QED) is 0.871. The van der Waals surface area contributed by atoms with E-state index in [2.05, 4.69) is 15.1 Å². The van der Waals surface area contributed by atoms with Gasteiger partial charge in [-0.05, 0) is 12.5 Å². The molecule has 0 radical (unpaired) electrons. The largest absolute Gasteiger partial charge is 0.334 e. The maximum absolute atomic E-state index is 13.4. The lowest BCUT2D eigenvalue weighted by molar-refractivity contribution is 0.417.